The summed E-state index contributed by atoms with van der Waals surface area (Å²) in [7, 11) is 0. The van der Waals surface area contributed by atoms with Gasteiger partial charge >= 0.3 is 6.09 Å². The number of nitrogens with zero attached hydrogens (tertiary/aromatic N) is 3. The molecule has 1 unspecified atom stereocenters. The highest BCUT2D eigenvalue weighted by atomic mass is 32.1. The SMILES string of the molecule is CC(c1ccc2scnc2c1)N1CCN(C(=O)O)CC1. The van der Waals surface area contributed by atoms with Crippen molar-refractivity contribution in [2.75, 3.05) is 26.2 Å². The van der Waals surface area contributed by atoms with Crippen molar-refractivity contribution >= 4 is 27.6 Å². The molecule has 5 nitrogen and oxygen atoms in total. The average molecular weight is 291 g/mol. The summed E-state index contributed by atoms with van der Waals surface area (Å²) < 4.78 is 1.21. The first-order chi connectivity index (χ1) is 9.65. The highest BCUT2D eigenvalue weighted by molar-refractivity contribution is 7.16. The van der Waals surface area contributed by atoms with Crippen molar-refractivity contribution in [1.82, 2.24) is 14.8 Å². The highest BCUT2D eigenvalue weighted by Gasteiger charge is 2.24. The molecule has 1 N–H and O–H groups in total. The summed E-state index contributed by atoms with van der Waals surface area (Å²) >= 11 is 1.65. The third-order valence-electron chi connectivity index (χ3n) is 3.97. The molecule has 1 aliphatic rings. The van der Waals surface area contributed by atoms with Gasteiger partial charge in [0.15, 0.2) is 0 Å². The first-order valence-electron chi connectivity index (χ1n) is 6.70. The molecule has 1 amide bonds. The van der Waals surface area contributed by atoms with Crippen LogP contribution in [0.25, 0.3) is 10.2 Å². The summed E-state index contributed by atoms with van der Waals surface area (Å²) in [6, 6.07) is 6.69. The number of rotatable bonds is 2. The molecule has 1 aliphatic heterocycles. The predicted octanol–water partition coefficient (Wildman–Crippen LogP) is 2.65. The zero-order valence-electron chi connectivity index (χ0n) is 11.3. The highest BCUT2D eigenvalue weighted by Crippen LogP contribution is 2.26. The topological polar surface area (TPSA) is 56.7 Å². The number of fused-ring (bicyclic) bond motifs is 1. The second kappa shape index (κ2) is 5.38. The van der Waals surface area contributed by atoms with Crippen LogP contribution < -0.4 is 0 Å². The van der Waals surface area contributed by atoms with Gasteiger partial charge in [-0.15, -0.1) is 11.3 Å². The van der Waals surface area contributed by atoms with Crippen molar-refractivity contribution in [2.24, 2.45) is 0 Å². The Morgan fingerprint density at radius 2 is 2.10 bits per heavy atom. The molecular formula is C14H17N3O2S. The number of piperazine rings is 1. The number of benzene rings is 1. The van der Waals surface area contributed by atoms with E-state index in [0.29, 0.717) is 13.1 Å². The van der Waals surface area contributed by atoms with Crippen LogP contribution in [-0.2, 0) is 0 Å². The maximum absolute atomic E-state index is 10.9. The Balaban J connectivity index is 1.72. The lowest BCUT2D eigenvalue weighted by Gasteiger charge is -2.37. The van der Waals surface area contributed by atoms with E-state index in [-0.39, 0.29) is 6.04 Å². The van der Waals surface area contributed by atoms with Crippen LogP contribution in [0.1, 0.15) is 18.5 Å². The van der Waals surface area contributed by atoms with E-state index in [9.17, 15) is 4.79 Å². The molecule has 1 atom stereocenters. The van der Waals surface area contributed by atoms with Crippen LogP contribution in [0.4, 0.5) is 4.79 Å². The minimum atomic E-state index is -0.818. The van der Waals surface area contributed by atoms with Crippen LogP contribution in [0.5, 0.6) is 0 Å². The summed E-state index contributed by atoms with van der Waals surface area (Å²) in [4.78, 5) is 19.1. The van der Waals surface area contributed by atoms with Gasteiger partial charge in [0.1, 0.15) is 0 Å². The van der Waals surface area contributed by atoms with Gasteiger partial charge < -0.3 is 10.0 Å². The molecule has 0 bridgehead atoms. The number of carbonyl (C=O) groups is 1. The van der Waals surface area contributed by atoms with E-state index in [1.165, 1.54) is 15.2 Å². The lowest BCUT2D eigenvalue weighted by molar-refractivity contribution is 0.0889. The second-order valence-electron chi connectivity index (χ2n) is 5.06. The van der Waals surface area contributed by atoms with Crippen molar-refractivity contribution in [3.05, 3.63) is 29.3 Å². The Bertz CT molecular complexity index is 620. The third kappa shape index (κ3) is 2.48. The van der Waals surface area contributed by atoms with E-state index < -0.39 is 6.09 Å². The van der Waals surface area contributed by atoms with Crippen molar-refractivity contribution in [3.8, 4) is 0 Å². The van der Waals surface area contributed by atoms with Crippen molar-refractivity contribution < 1.29 is 9.90 Å². The van der Waals surface area contributed by atoms with Crippen LogP contribution >= 0.6 is 11.3 Å². The Hall–Kier alpha value is -1.66. The number of carboxylic acid groups (broad SMARTS) is 1. The van der Waals surface area contributed by atoms with Gasteiger partial charge in [0, 0.05) is 32.2 Å². The zero-order valence-corrected chi connectivity index (χ0v) is 12.1. The summed E-state index contributed by atoms with van der Waals surface area (Å²) in [5, 5.41) is 8.98. The molecule has 0 aliphatic carbocycles. The number of thiazole rings is 1. The van der Waals surface area contributed by atoms with Gasteiger partial charge in [-0.1, -0.05) is 6.07 Å². The molecule has 0 radical (unpaired) electrons. The molecule has 0 saturated carbocycles. The van der Waals surface area contributed by atoms with Gasteiger partial charge in [0.25, 0.3) is 0 Å². The van der Waals surface area contributed by atoms with E-state index in [1.807, 2.05) is 5.51 Å². The first kappa shape index (κ1) is 13.3. The fourth-order valence-corrected chi connectivity index (χ4v) is 3.30. The molecule has 3 rings (SSSR count). The summed E-state index contributed by atoms with van der Waals surface area (Å²) in [5.41, 5.74) is 4.15. The van der Waals surface area contributed by atoms with E-state index in [2.05, 4.69) is 35.0 Å². The molecule has 0 spiro atoms. The standard InChI is InChI=1S/C14H17N3O2S/c1-10(16-4-6-17(7-5-16)14(18)19)11-2-3-13-12(8-11)15-9-20-13/h2-3,8-10H,4-7H2,1H3,(H,18,19). The van der Waals surface area contributed by atoms with Crippen LogP contribution in [0.15, 0.2) is 23.7 Å². The van der Waals surface area contributed by atoms with Crippen LogP contribution in [-0.4, -0.2) is 52.2 Å². The second-order valence-corrected chi connectivity index (χ2v) is 5.95. The third-order valence-corrected chi connectivity index (χ3v) is 4.78. The van der Waals surface area contributed by atoms with Crippen molar-refractivity contribution in [2.45, 2.75) is 13.0 Å². The normalized spacial score (nSPS) is 18.4. The summed E-state index contributed by atoms with van der Waals surface area (Å²) in [6.07, 6.45) is -0.818. The molecule has 2 aromatic rings. The lowest BCUT2D eigenvalue weighted by Crippen LogP contribution is -2.48. The van der Waals surface area contributed by atoms with Crippen LogP contribution in [0.3, 0.4) is 0 Å². The Morgan fingerprint density at radius 3 is 2.80 bits per heavy atom. The van der Waals surface area contributed by atoms with Gasteiger partial charge in [0.2, 0.25) is 0 Å². The molecule has 1 aromatic carbocycles. The van der Waals surface area contributed by atoms with Crippen LogP contribution in [0.2, 0.25) is 0 Å². The molecule has 106 valence electrons. The number of aromatic nitrogens is 1. The lowest BCUT2D eigenvalue weighted by atomic mass is 10.1. The fourth-order valence-electron chi connectivity index (χ4n) is 2.65. The van der Waals surface area contributed by atoms with Crippen molar-refractivity contribution in [1.29, 1.82) is 0 Å². The number of hydrogen-bond acceptors (Lipinski definition) is 4. The Labute approximate surface area is 121 Å². The monoisotopic (exact) mass is 291 g/mol. The molecule has 1 saturated heterocycles. The molecule has 1 fully saturated rings. The van der Waals surface area contributed by atoms with E-state index in [1.54, 1.807) is 11.3 Å². The smallest absolute Gasteiger partial charge is 0.407 e. The summed E-state index contributed by atoms with van der Waals surface area (Å²) in [6.45, 7) is 4.90. The van der Waals surface area contributed by atoms with Gasteiger partial charge in [-0.3, -0.25) is 4.90 Å². The molecule has 2 heterocycles. The number of hydrogen-bond donors (Lipinski definition) is 1. The Kier molecular flexibility index (Phi) is 3.58. The number of amides is 1. The maximum atomic E-state index is 10.9. The molecular weight excluding hydrogens is 274 g/mol. The van der Waals surface area contributed by atoms with Gasteiger partial charge in [-0.2, -0.15) is 0 Å². The van der Waals surface area contributed by atoms with Crippen LogP contribution in [0, 0.1) is 0 Å². The molecule has 20 heavy (non-hydrogen) atoms. The zero-order chi connectivity index (χ0) is 14.1. The minimum Gasteiger partial charge on any atom is -0.465 e. The first-order valence-corrected chi connectivity index (χ1v) is 7.58. The molecule has 6 heteroatoms. The van der Waals surface area contributed by atoms with E-state index in [0.717, 1.165) is 18.6 Å². The Morgan fingerprint density at radius 1 is 1.35 bits per heavy atom. The largest absolute Gasteiger partial charge is 0.465 e. The van der Waals surface area contributed by atoms with Gasteiger partial charge in [0.05, 0.1) is 15.7 Å². The van der Waals surface area contributed by atoms with E-state index >= 15 is 0 Å². The maximum Gasteiger partial charge on any atom is 0.407 e. The summed E-state index contributed by atoms with van der Waals surface area (Å²) in [5.74, 6) is 0. The minimum absolute atomic E-state index is 0.289. The van der Waals surface area contributed by atoms with Gasteiger partial charge in [-0.05, 0) is 24.6 Å². The predicted molar refractivity (Wildman–Crippen MR) is 79.2 cm³/mol. The van der Waals surface area contributed by atoms with E-state index in [4.69, 9.17) is 5.11 Å². The average Bonchev–Trinajstić information content (AvgIpc) is 2.94. The molecule has 1 aromatic heterocycles. The quantitative estimate of drug-likeness (QED) is 0.924. The van der Waals surface area contributed by atoms with Gasteiger partial charge in [-0.25, -0.2) is 9.78 Å². The fraction of sp³-hybridized carbons (Fsp3) is 0.429. The van der Waals surface area contributed by atoms with Crippen molar-refractivity contribution in [3.63, 3.8) is 0 Å².